The molecule has 5 heteroatoms. The summed E-state index contributed by atoms with van der Waals surface area (Å²) >= 11 is 0. The Hall–Kier alpha value is -2.14. The third kappa shape index (κ3) is 2.97. The third-order valence-corrected chi connectivity index (χ3v) is 3.93. The van der Waals surface area contributed by atoms with E-state index in [1.54, 1.807) is 0 Å². The minimum atomic E-state index is -0.0959. The summed E-state index contributed by atoms with van der Waals surface area (Å²) in [5, 5.41) is 19.0. The first-order valence-electron chi connectivity index (χ1n) is 7.31. The van der Waals surface area contributed by atoms with Gasteiger partial charge in [-0.05, 0) is 36.8 Å². The maximum Gasteiger partial charge on any atom is 0.272 e. The quantitative estimate of drug-likeness (QED) is 0.776. The molecule has 0 unspecified atom stereocenters. The second-order valence-electron chi connectivity index (χ2n) is 5.36. The summed E-state index contributed by atoms with van der Waals surface area (Å²) in [6.07, 6.45) is 3.80. The standard InChI is InChI=1S/C16H19N3O2/c20-10-12-6-4-11(5-7-12)8-9-17-16(21)15-13-2-1-3-14(13)18-19-15/h4-7,20H,1-3,8-10H2,(H,17,21)(H,18,19). The number of aromatic nitrogens is 2. The smallest absolute Gasteiger partial charge is 0.272 e. The van der Waals surface area contributed by atoms with Gasteiger partial charge in [-0.1, -0.05) is 24.3 Å². The fourth-order valence-corrected chi connectivity index (χ4v) is 2.72. The molecule has 2 aromatic rings. The van der Waals surface area contributed by atoms with Gasteiger partial charge >= 0.3 is 0 Å². The van der Waals surface area contributed by atoms with Crippen molar-refractivity contribution in [2.45, 2.75) is 32.3 Å². The van der Waals surface area contributed by atoms with Crippen molar-refractivity contribution < 1.29 is 9.90 Å². The summed E-state index contributed by atoms with van der Waals surface area (Å²) in [7, 11) is 0. The molecule has 0 atom stereocenters. The molecule has 3 rings (SSSR count). The number of benzene rings is 1. The molecule has 0 saturated carbocycles. The van der Waals surface area contributed by atoms with Gasteiger partial charge in [0.1, 0.15) is 0 Å². The molecule has 1 aromatic heterocycles. The number of carbonyl (C=O) groups excluding carboxylic acids is 1. The van der Waals surface area contributed by atoms with Crippen LogP contribution in [0.4, 0.5) is 0 Å². The third-order valence-electron chi connectivity index (χ3n) is 3.93. The molecule has 1 aliphatic carbocycles. The monoisotopic (exact) mass is 285 g/mol. The number of carbonyl (C=O) groups is 1. The van der Waals surface area contributed by atoms with Gasteiger partial charge in [-0.3, -0.25) is 9.89 Å². The lowest BCUT2D eigenvalue weighted by Gasteiger charge is -2.05. The summed E-state index contributed by atoms with van der Waals surface area (Å²) in [6, 6.07) is 7.75. The van der Waals surface area contributed by atoms with Crippen LogP contribution in [0, 0.1) is 0 Å². The molecule has 0 radical (unpaired) electrons. The lowest BCUT2D eigenvalue weighted by Crippen LogP contribution is -2.26. The van der Waals surface area contributed by atoms with Crippen LogP contribution in [0.5, 0.6) is 0 Å². The lowest BCUT2D eigenvalue weighted by molar-refractivity contribution is 0.0948. The number of aliphatic hydroxyl groups is 1. The van der Waals surface area contributed by atoms with Crippen molar-refractivity contribution in [3.05, 3.63) is 52.3 Å². The molecule has 0 saturated heterocycles. The van der Waals surface area contributed by atoms with Crippen molar-refractivity contribution in [2.75, 3.05) is 6.54 Å². The molecule has 0 spiro atoms. The second kappa shape index (κ2) is 6.10. The maximum absolute atomic E-state index is 12.1. The Bertz CT molecular complexity index is 631. The first-order chi connectivity index (χ1) is 10.3. The highest BCUT2D eigenvalue weighted by Gasteiger charge is 2.22. The SMILES string of the molecule is O=C(NCCc1ccc(CO)cc1)c1n[nH]c2c1CCC2. The highest BCUT2D eigenvalue weighted by Crippen LogP contribution is 2.22. The van der Waals surface area contributed by atoms with E-state index in [1.807, 2.05) is 24.3 Å². The first kappa shape index (κ1) is 13.8. The summed E-state index contributed by atoms with van der Waals surface area (Å²) in [4.78, 5) is 12.1. The van der Waals surface area contributed by atoms with E-state index in [2.05, 4.69) is 15.5 Å². The number of aryl methyl sites for hydroxylation is 1. The summed E-state index contributed by atoms with van der Waals surface area (Å²) in [5.74, 6) is -0.0959. The van der Waals surface area contributed by atoms with Crippen molar-refractivity contribution in [1.82, 2.24) is 15.5 Å². The number of aliphatic hydroxyl groups excluding tert-OH is 1. The molecular formula is C16H19N3O2. The summed E-state index contributed by atoms with van der Waals surface area (Å²) in [6.45, 7) is 0.639. The van der Waals surface area contributed by atoms with E-state index in [0.29, 0.717) is 12.2 Å². The molecule has 0 aliphatic heterocycles. The minimum Gasteiger partial charge on any atom is -0.392 e. The molecule has 110 valence electrons. The minimum absolute atomic E-state index is 0.0568. The Morgan fingerprint density at radius 2 is 2.00 bits per heavy atom. The number of nitrogens with zero attached hydrogens (tertiary/aromatic N) is 1. The van der Waals surface area contributed by atoms with Gasteiger partial charge in [0, 0.05) is 17.8 Å². The summed E-state index contributed by atoms with van der Waals surface area (Å²) in [5.41, 5.74) is 4.78. The largest absolute Gasteiger partial charge is 0.392 e. The second-order valence-corrected chi connectivity index (χ2v) is 5.36. The molecule has 0 fully saturated rings. The molecule has 5 nitrogen and oxygen atoms in total. The maximum atomic E-state index is 12.1. The number of fused-ring (bicyclic) bond motifs is 1. The molecule has 1 amide bonds. The van der Waals surface area contributed by atoms with E-state index < -0.39 is 0 Å². The van der Waals surface area contributed by atoms with Crippen molar-refractivity contribution in [3.8, 4) is 0 Å². The van der Waals surface area contributed by atoms with Crippen LogP contribution in [0.25, 0.3) is 0 Å². The molecule has 1 aromatic carbocycles. The van der Waals surface area contributed by atoms with Crippen LogP contribution in [-0.2, 0) is 25.9 Å². The van der Waals surface area contributed by atoms with Crippen LogP contribution in [0.1, 0.15) is 39.3 Å². The number of aromatic amines is 1. The van der Waals surface area contributed by atoms with Gasteiger partial charge in [0.15, 0.2) is 5.69 Å². The highest BCUT2D eigenvalue weighted by atomic mass is 16.3. The number of hydrogen-bond acceptors (Lipinski definition) is 3. The predicted octanol–water partition coefficient (Wildman–Crippen LogP) is 1.36. The Morgan fingerprint density at radius 3 is 2.76 bits per heavy atom. The van der Waals surface area contributed by atoms with Gasteiger partial charge in [0.05, 0.1) is 6.61 Å². The number of amides is 1. The van der Waals surface area contributed by atoms with Crippen molar-refractivity contribution in [1.29, 1.82) is 0 Å². The van der Waals surface area contributed by atoms with Crippen LogP contribution < -0.4 is 5.32 Å². The van der Waals surface area contributed by atoms with Crippen molar-refractivity contribution >= 4 is 5.91 Å². The van der Waals surface area contributed by atoms with Gasteiger partial charge in [-0.2, -0.15) is 5.10 Å². The Morgan fingerprint density at radius 1 is 1.24 bits per heavy atom. The van der Waals surface area contributed by atoms with Crippen LogP contribution >= 0.6 is 0 Å². The summed E-state index contributed by atoms with van der Waals surface area (Å²) < 4.78 is 0. The van der Waals surface area contributed by atoms with E-state index >= 15 is 0 Å². The average molecular weight is 285 g/mol. The fraction of sp³-hybridized carbons (Fsp3) is 0.375. The zero-order valence-corrected chi connectivity index (χ0v) is 11.9. The number of H-pyrrole nitrogens is 1. The highest BCUT2D eigenvalue weighted by molar-refractivity contribution is 5.94. The molecule has 3 N–H and O–H groups in total. The van der Waals surface area contributed by atoms with Crippen LogP contribution in [0.2, 0.25) is 0 Å². The zero-order valence-electron chi connectivity index (χ0n) is 11.9. The molecule has 0 bridgehead atoms. The van der Waals surface area contributed by atoms with Crippen molar-refractivity contribution in [2.24, 2.45) is 0 Å². The molecule has 1 aliphatic rings. The van der Waals surface area contributed by atoms with Gasteiger partial charge in [-0.25, -0.2) is 0 Å². The van der Waals surface area contributed by atoms with Crippen LogP contribution in [0.15, 0.2) is 24.3 Å². The normalized spacial score (nSPS) is 13.2. The van der Waals surface area contributed by atoms with E-state index in [9.17, 15) is 4.79 Å². The Balaban J connectivity index is 1.53. The number of hydrogen-bond donors (Lipinski definition) is 3. The van der Waals surface area contributed by atoms with Gasteiger partial charge in [0.25, 0.3) is 5.91 Å². The zero-order chi connectivity index (χ0) is 14.7. The van der Waals surface area contributed by atoms with Gasteiger partial charge in [0.2, 0.25) is 0 Å². The van der Waals surface area contributed by atoms with E-state index in [4.69, 9.17) is 5.11 Å². The van der Waals surface area contributed by atoms with E-state index in [-0.39, 0.29) is 12.5 Å². The first-order valence-corrected chi connectivity index (χ1v) is 7.31. The lowest BCUT2D eigenvalue weighted by atomic mass is 10.1. The topological polar surface area (TPSA) is 78.0 Å². The predicted molar refractivity (Wildman–Crippen MR) is 79.0 cm³/mol. The molecule has 1 heterocycles. The number of nitrogens with one attached hydrogen (secondary N) is 2. The Labute approximate surface area is 123 Å². The molecule has 21 heavy (non-hydrogen) atoms. The van der Waals surface area contributed by atoms with E-state index in [0.717, 1.165) is 48.1 Å². The van der Waals surface area contributed by atoms with Crippen molar-refractivity contribution in [3.63, 3.8) is 0 Å². The average Bonchev–Trinajstić information content (AvgIpc) is 3.10. The van der Waals surface area contributed by atoms with E-state index in [1.165, 1.54) is 0 Å². The number of rotatable bonds is 5. The molecular weight excluding hydrogens is 266 g/mol. The van der Waals surface area contributed by atoms with Gasteiger partial charge in [-0.15, -0.1) is 0 Å². The Kier molecular flexibility index (Phi) is 4.01. The van der Waals surface area contributed by atoms with Crippen LogP contribution in [0.3, 0.4) is 0 Å². The van der Waals surface area contributed by atoms with Gasteiger partial charge < -0.3 is 10.4 Å². The van der Waals surface area contributed by atoms with Crippen LogP contribution in [-0.4, -0.2) is 27.8 Å². The fourth-order valence-electron chi connectivity index (χ4n) is 2.72.